The summed E-state index contributed by atoms with van der Waals surface area (Å²) in [5.41, 5.74) is 6.39. The molecule has 0 heterocycles. The van der Waals surface area contributed by atoms with Crippen molar-refractivity contribution in [3.05, 3.63) is 22.8 Å². The first-order valence-electron chi connectivity index (χ1n) is 15.2. The number of hydrogen-bond acceptors (Lipinski definition) is 1. The fraction of sp³-hybridized carbons (Fsp3) is 0.879. The molecule has 0 unspecified atom stereocenters. The van der Waals surface area contributed by atoms with E-state index < -0.39 is 8.32 Å². The molecule has 4 rings (SSSR count). The van der Waals surface area contributed by atoms with Crippen LogP contribution in [-0.2, 0) is 4.43 Å². The number of hydrogen-bond donors (Lipinski definition) is 0. The van der Waals surface area contributed by atoms with Crippen LogP contribution in [0.25, 0.3) is 0 Å². The molecule has 200 valence electrons. The van der Waals surface area contributed by atoms with E-state index in [9.17, 15) is 0 Å². The monoisotopic (exact) mass is 498 g/mol. The first-order valence-corrected chi connectivity index (χ1v) is 18.1. The lowest BCUT2D eigenvalue weighted by molar-refractivity contribution is 0.0184. The van der Waals surface area contributed by atoms with Crippen LogP contribution in [0.2, 0.25) is 18.1 Å². The van der Waals surface area contributed by atoms with Gasteiger partial charge >= 0.3 is 0 Å². The van der Waals surface area contributed by atoms with Gasteiger partial charge in [0, 0.05) is 6.10 Å². The van der Waals surface area contributed by atoms with Gasteiger partial charge in [-0.25, -0.2) is 0 Å². The highest BCUT2D eigenvalue weighted by atomic mass is 28.4. The summed E-state index contributed by atoms with van der Waals surface area (Å²) in [4.78, 5) is 0. The second-order valence-corrected chi connectivity index (χ2v) is 20.3. The highest BCUT2D eigenvalue weighted by Crippen LogP contribution is 2.66. The fourth-order valence-electron chi connectivity index (χ4n) is 8.93. The van der Waals surface area contributed by atoms with Gasteiger partial charge in [-0.15, -0.1) is 0 Å². The van der Waals surface area contributed by atoms with Gasteiger partial charge in [0.05, 0.1) is 0 Å². The maximum Gasteiger partial charge on any atom is 0.192 e. The normalized spacial score (nSPS) is 38.5. The Morgan fingerprint density at radius 3 is 2.43 bits per heavy atom. The molecule has 0 aromatic carbocycles. The van der Waals surface area contributed by atoms with E-state index in [2.05, 4.69) is 74.6 Å². The Kier molecular flexibility index (Phi) is 7.72. The molecule has 2 heteroatoms. The molecular weight excluding hydrogens is 440 g/mol. The lowest BCUT2D eigenvalue weighted by atomic mass is 9.50. The highest BCUT2D eigenvalue weighted by Gasteiger charge is 2.56. The Morgan fingerprint density at radius 2 is 1.77 bits per heavy atom. The van der Waals surface area contributed by atoms with Crippen LogP contribution in [0.15, 0.2) is 22.8 Å². The van der Waals surface area contributed by atoms with Crippen molar-refractivity contribution in [2.24, 2.45) is 34.5 Å². The molecular formula is C33H58OSi. The molecule has 4 aliphatic carbocycles. The molecule has 0 spiro atoms. The molecule has 0 aliphatic heterocycles. The smallest absolute Gasteiger partial charge is 0.192 e. The molecule has 0 radical (unpaired) electrons. The van der Waals surface area contributed by atoms with Crippen LogP contribution in [0.3, 0.4) is 0 Å². The maximum absolute atomic E-state index is 6.96. The van der Waals surface area contributed by atoms with E-state index in [1.807, 2.05) is 11.1 Å². The van der Waals surface area contributed by atoms with Crippen molar-refractivity contribution in [2.45, 2.75) is 150 Å². The second kappa shape index (κ2) is 9.76. The van der Waals surface area contributed by atoms with Crippen molar-refractivity contribution in [3.63, 3.8) is 0 Å². The van der Waals surface area contributed by atoms with Gasteiger partial charge < -0.3 is 4.43 Å². The zero-order valence-electron chi connectivity index (χ0n) is 25.2. The summed E-state index contributed by atoms with van der Waals surface area (Å²) in [5, 5.41) is 0.311. The summed E-state index contributed by atoms with van der Waals surface area (Å²) in [6.07, 6.45) is 18.1. The van der Waals surface area contributed by atoms with Gasteiger partial charge in [0.2, 0.25) is 0 Å². The van der Waals surface area contributed by atoms with Crippen LogP contribution in [0.4, 0.5) is 0 Å². The molecule has 0 N–H and O–H groups in total. The first kappa shape index (κ1) is 27.7. The molecule has 1 nitrogen and oxygen atoms in total. The van der Waals surface area contributed by atoms with Crippen molar-refractivity contribution in [2.75, 3.05) is 0 Å². The summed E-state index contributed by atoms with van der Waals surface area (Å²) in [5.74, 6) is 3.50. The molecule has 4 aliphatic rings. The molecule has 0 aromatic rings. The van der Waals surface area contributed by atoms with Crippen molar-refractivity contribution in [3.8, 4) is 0 Å². The quantitative estimate of drug-likeness (QED) is 0.261. The van der Waals surface area contributed by atoms with Gasteiger partial charge in [0.15, 0.2) is 8.32 Å². The molecule has 7 atom stereocenters. The average molecular weight is 499 g/mol. The van der Waals surface area contributed by atoms with Crippen LogP contribution in [-0.4, -0.2) is 14.4 Å². The molecule has 35 heavy (non-hydrogen) atoms. The summed E-state index contributed by atoms with van der Waals surface area (Å²) in [7, 11) is -1.69. The Bertz CT molecular complexity index is 840. The molecule has 0 saturated heterocycles. The van der Waals surface area contributed by atoms with E-state index >= 15 is 0 Å². The lowest BCUT2D eigenvalue weighted by Gasteiger charge is -2.56. The van der Waals surface area contributed by atoms with Gasteiger partial charge in [0.25, 0.3) is 0 Å². The van der Waals surface area contributed by atoms with Crippen molar-refractivity contribution >= 4 is 8.32 Å². The summed E-state index contributed by atoms with van der Waals surface area (Å²) >= 11 is 0. The Morgan fingerprint density at radius 1 is 1.06 bits per heavy atom. The topological polar surface area (TPSA) is 9.23 Å². The largest absolute Gasteiger partial charge is 0.414 e. The third-order valence-corrected chi connectivity index (χ3v) is 16.7. The van der Waals surface area contributed by atoms with Gasteiger partial charge in [-0.05, 0) is 137 Å². The van der Waals surface area contributed by atoms with Crippen molar-refractivity contribution in [1.29, 1.82) is 0 Å². The van der Waals surface area contributed by atoms with Crippen LogP contribution >= 0.6 is 0 Å². The van der Waals surface area contributed by atoms with E-state index in [1.54, 1.807) is 0 Å². The molecule has 0 amide bonds. The summed E-state index contributed by atoms with van der Waals surface area (Å²) < 4.78 is 6.96. The second-order valence-electron chi connectivity index (χ2n) is 15.5. The van der Waals surface area contributed by atoms with Crippen LogP contribution in [0, 0.1) is 34.5 Å². The molecule has 0 bridgehead atoms. The first-order chi connectivity index (χ1) is 16.2. The minimum absolute atomic E-state index is 0.311. The highest BCUT2D eigenvalue weighted by molar-refractivity contribution is 6.74. The van der Waals surface area contributed by atoms with E-state index in [4.69, 9.17) is 4.43 Å². The number of allylic oxidation sites excluding steroid dienone is 4. The number of rotatable bonds is 6. The standard InChI is InChI=1S/C33H58OSi/c1-23(2)12-11-13-24(3)28-16-17-29-27-15-14-25-22-26(34-35(9,10)31(4,5)6)18-20-32(25,7)30(27)19-21-33(28,29)8/h12,24-26,28-29H,11,13-22H2,1-10H3/t24-,25+,26+,28-,29+,32+,33-/m1/s1. The molecule has 0 aromatic heterocycles. The Hall–Kier alpha value is -0.343. The maximum atomic E-state index is 6.96. The van der Waals surface area contributed by atoms with Gasteiger partial charge in [0.1, 0.15) is 0 Å². The predicted molar refractivity (Wildman–Crippen MR) is 155 cm³/mol. The Labute approximate surface area is 220 Å². The Balaban J connectivity index is 1.48. The van der Waals surface area contributed by atoms with E-state index in [-0.39, 0.29) is 0 Å². The third kappa shape index (κ3) is 5.06. The summed E-state index contributed by atoms with van der Waals surface area (Å²) in [6, 6.07) is 0. The molecule has 2 saturated carbocycles. The fourth-order valence-corrected chi connectivity index (χ4v) is 10.3. The van der Waals surface area contributed by atoms with E-state index in [0.717, 1.165) is 23.7 Å². The zero-order valence-corrected chi connectivity index (χ0v) is 26.2. The number of fused-ring (bicyclic) bond motifs is 4. The van der Waals surface area contributed by atoms with Gasteiger partial charge in [-0.1, -0.05) is 64.3 Å². The van der Waals surface area contributed by atoms with Crippen LogP contribution in [0.5, 0.6) is 0 Å². The minimum Gasteiger partial charge on any atom is -0.414 e. The predicted octanol–water partition coefficient (Wildman–Crippen LogP) is 10.5. The van der Waals surface area contributed by atoms with E-state index in [0.29, 0.717) is 22.0 Å². The van der Waals surface area contributed by atoms with Crippen molar-refractivity contribution < 1.29 is 4.43 Å². The average Bonchev–Trinajstić information content (AvgIpc) is 3.10. The van der Waals surface area contributed by atoms with Gasteiger partial charge in [-0.3, -0.25) is 0 Å². The van der Waals surface area contributed by atoms with Gasteiger partial charge in [-0.2, -0.15) is 0 Å². The van der Waals surface area contributed by atoms with Crippen LogP contribution in [0.1, 0.15) is 126 Å². The van der Waals surface area contributed by atoms with E-state index in [1.165, 1.54) is 76.2 Å². The third-order valence-electron chi connectivity index (χ3n) is 12.1. The molecule has 2 fully saturated rings. The van der Waals surface area contributed by atoms with Crippen molar-refractivity contribution in [1.82, 2.24) is 0 Å². The summed E-state index contributed by atoms with van der Waals surface area (Å²) in [6.45, 7) is 24.5. The minimum atomic E-state index is -1.69. The zero-order chi connectivity index (χ0) is 25.8. The lowest BCUT2D eigenvalue weighted by Crippen LogP contribution is -2.49. The van der Waals surface area contributed by atoms with Crippen LogP contribution < -0.4 is 0 Å². The SMILES string of the molecule is CC(C)=CCC[C@@H](C)[C@H]1CC[C@H]2C3=C(CC[C@]12C)[C@@]1(C)CC[C@H](O[Si](C)(C)C(C)(C)C)C[C@@H]1CC3.